The van der Waals surface area contributed by atoms with Gasteiger partial charge in [0.1, 0.15) is 0 Å². The van der Waals surface area contributed by atoms with Crippen LogP contribution in [0.1, 0.15) is 16.1 Å². The zero-order valence-electron chi connectivity index (χ0n) is 11.6. The van der Waals surface area contributed by atoms with Crippen LogP contribution in [0.5, 0.6) is 0 Å². The molecule has 0 bridgehead atoms. The topological polar surface area (TPSA) is 102 Å². The van der Waals surface area contributed by atoms with Crippen LogP contribution in [0, 0.1) is 6.92 Å². The number of aromatic nitrogens is 1. The van der Waals surface area contributed by atoms with E-state index in [1.54, 1.807) is 19.1 Å². The minimum absolute atomic E-state index is 0.141. The van der Waals surface area contributed by atoms with Gasteiger partial charge in [-0.05, 0) is 31.2 Å². The lowest BCUT2D eigenvalue weighted by Gasteiger charge is -2.09. The molecule has 1 aromatic carbocycles. The molecule has 1 amide bonds. The van der Waals surface area contributed by atoms with Crippen molar-refractivity contribution in [2.24, 2.45) is 0 Å². The number of hydrogen-bond acceptors (Lipinski definition) is 5. The summed E-state index contributed by atoms with van der Waals surface area (Å²) in [7, 11) is -3.32. The molecule has 1 aromatic heterocycles. The van der Waals surface area contributed by atoms with E-state index in [0.29, 0.717) is 22.6 Å². The molecule has 0 aliphatic heterocycles. The predicted octanol–water partition coefficient (Wildman–Crippen LogP) is 1.63. The highest BCUT2D eigenvalue weighted by Crippen LogP contribution is 2.17. The number of nitrogens with two attached hydrogens (primary N) is 1. The van der Waals surface area contributed by atoms with Gasteiger partial charge in [0.05, 0.1) is 28.0 Å². The Morgan fingerprint density at radius 3 is 2.67 bits per heavy atom. The van der Waals surface area contributed by atoms with Gasteiger partial charge in [-0.25, -0.2) is 8.42 Å². The Kier molecular flexibility index (Phi) is 3.95. The minimum Gasteiger partial charge on any atom is -0.397 e. The van der Waals surface area contributed by atoms with Crippen molar-refractivity contribution in [3.8, 4) is 0 Å². The van der Waals surface area contributed by atoms with Gasteiger partial charge in [0.2, 0.25) is 0 Å². The lowest BCUT2D eigenvalue weighted by Crippen LogP contribution is -2.15. The number of sulfone groups is 1. The number of benzene rings is 1. The zero-order valence-corrected chi connectivity index (χ0v) is 12.4. The quantitative estimate of drug-likeness (QED) is 0.897. The molecule has 0 saturated heterocycles. The number of nitrogen functional groups attached to an aromatic ring is 1. The van der Waals surface area contributed by atoms with E-state index < -0.39 is 15.7 Å². The second-order valence-corrected chi connectivity index (χ2v) is 6.67. The maximum Gasteiger partial charge on any atom is 0.257 e. The van der Waals surface area contributed by atoms with Crippen molar-refractivity contribution in [2.75, 3.05) is 17.3 Å². The van der Waals surface area contributed by atoms with Crippen LogP contribution in [0.25, 0.3) is 0 Å². The summed E-state index contributed by atoms with van der Waals surface area (Å²) in [5.41, 5.74) is 7.29. The number of carbonyl (C=O) groups is 1. The highest BCUT2D eigenvalue weighted by Gasteiger charge is 2.12. The van der Waals surface area contributed by atoms with Crippen molar-refractivity contribution >= 4 is 27.1 Å². The van der Waals surface area contributed by atoms with E-state index in [4.69, 9.17) is 5.73 Å². The van der Waals surface area contributed by atoms with Gasteiger partial charge in [-0.15, -0.1) is 0 Å². The number of nitrogens with one attached hydrogen (secondary N) is 1. The third-order valence-corrected chi connectivity index (χ3v) is 3.98. The fraction of sp³-hybridized carbons (Fsp3) is 0.143. The Bertz CT molecular complexity index is 801. The van der Waals surface area contributed by atoms with Crippen molar-refractivity contribution < 1.29 is 13.2 Å². The molecule has 0 radical (unpaired) electrons. The fourth-order valence-electron chi connectivity index (χ4n) is 1.78. The molecular formula is C14H15N3O3S. The first kappa shape index (κ1) is 15.0. The normalized spacial score (nSPS) is 11.1. The van der Waals surface area contributed by atoms with E-state index in [1.807, 2.05) is 0 Å². The molecule has 3 N–H and O–H groups in total. The monoisotopic (exact) mass is 305 g/mol. The summed E-state index contributed by atoms with van der Waals surface area (Å²) in [5.74, 6) is -0.391. The number of anilines is 2. The van der Waals surface area contributed by atoms with Gasteiger partial charge in [0.15, 0.2) is 9.84 Å². The maximum absolute atomic E-state index is 12.2. The lowest BCUT2D eigenvalue weighted by molar-refractivity contribution is 0.102. The van der Waals surface area contributed by atoms with Crippen LogP contribution in [0.3, 0.4) is 0 Å². The number of hydrogen-bond donors (Lipinski definition) is 2. The van der Waals surface area contributed by atoms with E-state index in [9.17, 15) is 13.2 Å². The Morgan fingerprint density at radius 1 is 1.29 bits per heavy atom. The van der Waals surface area contributed by atoms with E-state index in [1.165, 1.54) is 24.4 Å². The van der Waals surface area contributed by atoms with Gasteiger partial charge in [-0.2, -0.15) is 0 Å². The smallest absolute Gasteiger partial charge is 0.257 e. The molecule has 2 rings (SSSR count). The summed E-state index contributed by atoms with van der Waals surface area (Å²) in [6.45, 7) is 1.70. The van der Waals surface area contributed by atoms with Crippen molar-refractivity contribution in [3.63, 3.8) is 0 Å². The van der Waals surface area contributed by atoms with E-state index >= 15 is 0 Å². The number of aryl methyl sites for hydroxylation is 1. The molecule has 0 fully saturated rings. The van der Waals surface area contributed by atoms with Crippen molar-refractivity contribution in [1.82, 2.24) is 4.98 Å². The summed E-state index contributed by atoms with van der Waals surface area (Å²) in [4.78, 5) is 16.3. The van der Waals surface area contributed by atoms with E-state index in [2.05, 4.69) is 10.3 Å². The van der Waals surface area contributed by atoms with Crippen molar-refractivity contribution in [2.45, 2.75) is 11.8 Å². The molecule has 0 aliphatic rings. The van der Waals surface area contributed by atoms with Crippen molar-refractivity contribution in [3.05, 3.63) is 47.8 Å². The van der Waals surface area contributed by atoms with Gasteiger partial charge >= 0.3 is 0 Å². The number of nitrogens with zero attached hydrogens (tertiary/aromatic N) is 1. The first-order valence-corrected chi connectivity index (χ1v) is 8.00. The van der Waals surface area contributed by atoms with Crippen LogP contribution in [0.2, 0.25) is 0 Å². The summed E-state index contributed by atoms with van der Waals surface area (Å²) in [6.07, 6.45) is 2.58. The molecule has 7 heteroatoms. The molecule has 21 heavy (non-hydrogen) atoms. The van der Waals surface area contributed by atoms with Gasteiger partial charge in [0, 0.05) is 11.9 Å². The Balaban J connectivity index is 2.30. The number of amides is 1. The lowest BCUT2D eigenvalue weighted by atomic mass is 10.1. The van der Waals surface area contributed by atoms with Gasteiger partial charge in [-0.1, -0.05) is 6.07 Å². The van der Waals surface area contributed by atoms with E-state index in [0.717, 1.165) is 6.26 Å². The molecule has 0 saturated carbocycles. The fourth-order valence-corrected chi connectivity index (χ4v) is 2.45. The molecule has 0 aliphatic carbocycles. The molecular weight excluding hydrogens is 290 g/mol. The maximum atomic E-state index is 12.2. The van der Waals surface area contributed by atoms with Crippen LogP contribution in [0.15, 0.2) is 41.4 Å². The minimum atomic E-state index is -3.32. The zero-order chi connectivity index (χ0) is 15.6. The van der Waals surface area contributed by atoms with Crippen molar-refractivity contribution in [1.29, 1.82) is 0 Å². The molecule has 2 aromatic rings. The molecule has 0 atom stereocenters. The highest BCUT2D eigenvalue weighted by molar-refractivity contribution is 7.90. The summed E-state index contributed by atoms with van der Waals surface area (Å²) in [6, 6.07) is 7.58. The molecule has 6 nitrogen and oxygen atoms in total. The Hall–Kier alpha value is -2.41. The molecule has 1 heterocycles. The first-order valence-electron chi connectivity index (χ1n) is 6.11. The molecule has 110 valence electrons. The van der Waals surface area contributed by atoms with Crippen LogP contribution in [-0.4, -0.2) is 25.6 Å². The van der Waals surface area contributed by atoms with Gasteiger partial charge < -0.3 is 11.1 Å². The van der Waals surface area contributed by atoms with Gasteiger partial charge in [-0.3, -0.25) is 9.78 Å². The standard InChI is InChI=1S/C14H15N3O3S/c1-9-13(6-10(15)8-16-9)14(18)17-11-4-3-5-12(7-11)21(2,19)20/h3-8H,15H2,1-2H3,(H,17,18). The third-order valence-electron chi connectivity index (χ3n) is 2.87. The van der Waals surface area contributed by atoms with Crippen LogP contribution in [-0.2, 0) is 9.84 Å². The van der Waals surface area contributed by atoms with Crippen LogP contribution < -0.4 is 11.1 Å². The van der Waals surface area contributed by atoms with E-state index in [-0.39, 0.29) is 4.90 Å². The average Bonchev–Trinajstić information content (AvgIpc) is 2.41. The Morgan fingerprint density at radius 2 is 2.00 bits per heavy atom. The number of carbonyl (C=O) groups excluding carboxylic acids is 1. The summed E-state index contributed by atoms with van der Waals surface area (Å²) < 4.78 is 23.0. The predicted molar refractivity (Wildman–Crippen MR) is 80.9 cm³/mol. The van der Waals surface area contributed by atoms with Crippen LogP contribution >= 0.6 is 0 Å². The molecule has 0 unspecified atom stereocenters. The first-order chi connectivity index (χ1) is 9.77. The third kappa shape index (κ3) is 3.57. The van der Waals surface area contributed by atoms with Gasteiger partial charge in [0.25, 0.3) is 5.91 Å². The number of rotatable bonds is 3. The average molecular weight is 305 g/mol. The summed E-state index contributed by atoms with van der Waals surface area (Å²) in [5, 5.41) is 2.64. The largest absolute Gasteiger partial charge is 0.397 e. The number of pyridine rings is 1. The molecule has 0 spiro atoms. The Labute approximate surface area is 122 Å². The highest BCUT2D eigenvalue weighted by atomic mass is 32.2. The second kappa shape index (κ2) is 5.53. The second-order valence-electron chi connectivity index (χ2n) is 4.66. The van der Waals surface area contributed by atoms with Crippen LogP contribution in [0.4, 0.5) is 11.4 Å². The summed E-state index contributed by atoms with van der Waals surface area (Å²) >= 11 is 0. The SMILES string of the molecule is Cc1ncc(N)cc1C(=O)Nc1cccc(S(C)(=O)=O)c1.